The minimum atomic E-state index is -0.795. The van der Waals surface area contributed by atoms with Crippen LogP contribution in [0.5, 0.6) is 5.75 Å². The van der Waals surface area contributed by atoms with Crippen molar-refractivity contribution < 1.29 is 14.2 Å². The summed E-state index contributed by atoms with van der Waals surface area (Å²) in [6.45, 7) is 0. The fourth-order valence-corrected chi connectivity index (χ4v) is 3.43. The highest BCUT2D eigenvalue weighted by Gasteiger charge is 2.16. The van der Waals surface area contributed by atoms with E-state index in [1.54, 1.807) is 30.3 Å². The van der Waals surface area contributed by atoms with Crippen LogP contribution in [0.15, 0.2) is 42.5 Å². The van der Waals surface area contributed by atoms with Gasteiger partial charge in [-0.15, -0.1) is 11.3 Å². The molecular weight excluding hydrogens is 311 g/mol. The normalized spacial score (nSPS) is 12.6. The van der Waals surface area contributed by atoms with Gasteiger partial charge in [0, 0.05) is 9.58 Å². The first-order valence-corrected chi connectivity index (χ1v) is 7.48. The fraction of sp³-hybridized carbons (Fsp3) is 0.125. The summed E-state index contributed by atoms with van der Waals surface area (Å²) >= 11 is 7.42. The predicted molar refractivity (Wildman–Crippen MR) is 83.8 cm³/mol. The fourth-order valence-electron chi connectivity index (χ4n) is 2.18. The maximum absolute atomic E-state index is 13.2. The van der Waals surface area contributed by atoms with Crippen molar-refractivity contribution >= 4 is 33.0 Å². The molecule has 1 N–H and O–H groups in total. The molecule has 0 aliphatic heterocycles. The lowest BCUT2D eigenvalue weighted by Gasteiger charge is -2.11. The minimum Gasteiger partial charge on any atom is -0.495 e. The van der Waals surface area contributed by atoms with Crippen LogP contribution in [0.25, 0.3) is 10.1 Å². The molecule has 0 amide bonds. The molecule has 21 heavy (non-hydrogen) atoms. The van der Waals surface area contributed by atoms with Gasteiger partial charge in [-0.3, -0.25) is 0 Å². The first-order chi connectivity index (χ1) is 10.1. The molecule has 0 aliphatic carbocycles. The quantitative estimate of drug-likeness (QED) is 0.751. The van der Waals surface area contributed by atoms with Crippen molar-refractivity contribution in [2.45, 2.75) is 6.10 Å². The molecule has 0 fully saturated rings. The highest BCUT2D eigenvalue weighted by Crippen LogP contribution is 2.35. The van der Waals surface area contributed by atoms with Crippen molar-refractivity contribution in [1.82, 2.24) is 0 Å². The molecule has 108 valence electrons. The van der Waals surface area contributed by atoms with Crippen LogP contribution in [-0.4, -0.2) is 12.2 Å². The number of aliphatic hydroxyl groups is 1. The lowest BCUT2D eigenvalue weighted by molar-refractivity contribution is 0.223. The van der Waals surface area contributed by atoms with Gasteiger partial charge in [-0.05, 0) is 47.3 Å². The van der Waals surface area contributed by atoms with Crippen LogP contribution in [0.4, 0.5) is 4.39 Å². The average Bonchev–Trinajstić information content (AvgIpc) is 2.90. The molecule has 0 saturated heterocycles. The van der Waals surface area contributed by atoms with Crippen molar-refractivity contribution in [2.24, 2.45) is 0 Å². The summed E-state index contributed by atoms with van der Waals surface area (Å²) in [4.78, 5) is 0.750. The highest BCUT2D eigenvalue weighted by atomic mass is 35.5. The van der Waals surface area contributed by atoms with E-state index >= 15 is 0 Å². The van der Waals surface area contributed by atoms with Gasteiger partial charge in [-0.2, -0.15) is 0 Å². The van der Waals surface area contributed by atoms with Gasteiger partial charge < -0.3 is 9.84 Å². The third kappa shape index (κ3) is 2.75. The molecule has 1 atom stereocenters. The van der Waals surface area contributed by atoms with Crippen molar-refractivity contribution in [3.8, 4) is 5.75 Å². The van der Waals surface area contributed by atoms with Crippen molar-refractivity contribution in [2.75, 3.05) is 7.11 Å². The maximum atomic E-state index is 13.2. The lowest BCUT2D eigenvalue weighted by atomic mass is 10.1. The smallest absolute Gasteiger partial charge is 0.137 e. The summed E-state index contributed by atoms with van der Waals surface area (Å²) < 4.78 is 19.3. The molecule has 3 aromatic rings. The molecular formula is C16H12ClFO2S. The largest absolute Gasteiger partial charge is 0.495 e. The number of aliphatic hydroxyl groups excluding tert-OH is 1. The number of benzene rings is 2. The Bertz CT molecular complexity index is 800. The Morgan fingerprint density at radius 2 is 2.00 bits per heavy atom. The second-order valence-electron chi connectivity index (χ2n) is 4.63. The minimum absolute atomic E-state index is 0.283. The van der Waals surface area contributed by atoms with Crippen LogP contribution in [-0.2, 0) is 0 Å². The molecule has 1 unspecified atom stereocenters. The molecule has 2 aromatic carbocycles. The number of thiophene rings is 1. The van der Waals surface area contributed by atoms with E-state index < -0.39 is 6.10 Å². The number of halogens is 2. The van der Waals surface area contributed by atoms with E-state index in [1.165, 1.54) is 30.6 Å². The first-order valence-electron chi connectivity index (χ1n) is 6.29. The van der Waals surface area contributed by atoms with Gasteiger partial charge in [-0.1, -0.05) is 17.7 Å². The van der Waals surface area contributed by atoms with Gasteiger partial charge >= 0.3 is 0 Å². The molecule has 0 spiro atoms. The monoisotopic (exact) mass is 322 g/mol. The molecule has 1 heterocycles. The van der Waals surface area contributed by atoms with E-state index in [-0.39, 0.29) is 5.82 Å². The molecule has 0 aliphatic rings. The Hall–Kier alpha value is -1.62. The van der Waals surface area contributed by atoms with Gasteiger partial charge in [0.15, 0.2) is 0 Å². The predicted octanol–water partition coefficient (Wildman–Crippen LogP) is 4.78. The van der Waals surface area contributed by atoms with E-state index in [1.807, 2.05) is 0 Å². The second-order valence-corrected chi connectivity index (χ2v) is 6.15. The molecule has 0 radical (unpaired) electrons. The third-order valence-corrected chi connectivity index (χ3v) is 4.74. The number of hydrogen-bond acceptors (Lipinski definition) is 3. The zero-order valence-corrected chi connectivity index (χ0v) is 12.7. The van der Waals surface area contributed by atoms with E-state index in [0.29, 0.717) is 16.3 Å². The van der Waals surface area contributed by atoms with Gasteiger partial charge in [0.25, 0.3) is 0 Å². The molecule has 0 saturated carbocycles. The Kier molecular flexibility index (Phi) is 3.85. The lowest BCUT2D eigenvalue weighted by Crippen LogP contribution is -1.97. The van der Waals surface area contributed by atoms with Gasteiger partial charge in [0.05, 0.1) is 12.1 Å². The standard InChI is InChI=1S/C16H12ClFO2S/c1-20-13-7-9(2-4-12(13)17)16(19)15-8-10-6-11(18)3-5-14(10)21-15/h2-8,16,19H,1H3. The zero-order chi connectivity index (χ0) is 15.0. The van der Waals surface area contributed by atoms with Crippen LogP contribution in [0, 0.1) is 5.82 Å². The van der Waals surface area contributed by atoms with E-state index in [2.05, 4.69) is 0 Å². The van der Waals surface area contributed by atoms with Crippen molar-refractivity contribution in [3.05, 3.63) is 63.7 Å². The second kappa shape index (κ2) is 5.64. The first kappa shape index (κ1) is 14.3. The van der Waals surface area contributed by atoms with Crippen molar-refractivity contribution in [3.63, 3.8) is 0 Å². The topological polar surface area (TPSA) is 29.5 Å². The Morgan fingerprint density at radius 1 is 1.19 bits per heavy atom. The summed E-state index contributed by atoms with van der Waals surface area (Å²) in [6, 6.07) is 11.5. The van der Waals surface area contributed by atoms with E-state index in [9.17, 15) is 9.50 Å². The molecule has 3 rings (SSSR count). The van der Waals surface area contributed by atoms with Gasteiger partial charge in [0.2, 0.25) is 0 Å². The SMILES string of the molecule is COc1cc(C(O)c2cc3cc(F)ccc3s2)ccc1Cl. The van der Waals surface area contributed by atoms with Crippen molar-refractivity contribution in [1.29, 1.82) is 0 Å². The number of fused-ring (bicyclic) bond motifs is 1. The van der Waals surface area contributed by atoms with Crippen LogP contribution < -0.4 is 4.74 Å². The summed E-state index contributed by atoms with van der Waals surface area (Å²) in [7, 11) is 1.53. The summed E-state index contributed by atoms with van der Waals surface area (Å²) in [6.07, 6.45) is -0.795. The molecule has 5 heteroatoms. The van der Waals surface area contributed by atoms with Crippen LogP contribution in [0.3, 0.4) is 0 Å². The summed E-state index contributed by atoms with van der Waals surface area (Å²) in [5.41, 5.74) is 0.684. The van der Waals surface area contributed by atoms with E-state index in [0.717, 1.165) is 15.0 Å². The summed E-state index contributed by atoms with van der Waals surface area (Å²) in [5, 5.41) is 11.8. The van der Waals surface area contributed by atoms with Gasteiger partial charge in [0.1, 0.15) is 17.7 Å². The van der Waals surface area contributed by atoms with Gasteiger partial charge in [-0.25, -0.2) is 4.39 Å². The third-order valence-electron chi connectivity index (χ3n) is 3.26. The highest BCUT2D eigenvalue weighted by molar-refractivity contribution is 7.19. The van der Waals surface area contributed by atoms with Crippen LogP contribution in [0.1, 0.15) is 16.5 Å². The number of rotatable bonds is 3. The summed E-state index contributed by atoms with van der Waals surface area (Å²) in [5.74, 6) is 0.231. The zero-order valence-electron chi connectivity index (χ0n) is 11.1. The number of hydrogen-bond donors (Lipinski definition) is 1. The Labute approximate surface area is 130 Å². The molecule has 2 nitrogen and oxygen atoms in total. The van der Waals surface area contributed by atoms with Crippen LogP contribution in [0.2, 0.25) is 5.02 Å². The number of methoxy groups -OCH3 is 1. The molecule has 0 bridgehead atoms. The van der Waals surface area contributed by atoms with Crippen LogP contribution >= 0.6 is 22.9 Å². The Balaban J connectivity index is 2.01. The average molecular weight is 323 g/mol. The van der Waals surface area contributed by atoms with E-state index in [4.69, 9.17) is 16.3 Å². The maximum Gasteiger partial charge on any atom is 0.137 e. The number of ether oxygens (including phenoxy) is 1. The molecule has 1 aromatic heterocycles. The Morgan fingerprint density at radius 3 is 2.76 bits per heavy atom.